The van der Waals surface area contributed by atoms with E-state index >= 15 is 0 Å². The summed E-state index contributed by atoms with van der Waals surface area (Å²) in [6.07, 6.45) is -5.05. The van der Waals surface area contributed by atoms with Gasteiger partial charge < -0.3 is 10.5 Å². The minimum atomic E-state index is -4.71. The number of ether oxygens (including phenoxy) is 1. The van der Waals surface area contributed by atoms with E-state index in [4.69, 9.17) is 5.73 Å². The molecule has 5 nitrogen and oxygen atoms in total. The lowest BCUT2D eigenvalue weighted by molar-refractivity contribution is -0.178. The molecule has 0 radical (unpaired) electrons. The normalized spacial score (nSPS) is 22.8. The molecule has 1 aromatic carbocycles. The zero-order valence-corrected chi connectivity index (χ0v) is 14.2. The molecule has 0 bridgehead atoms. The van der Waals surface area contributed by atoms with E-state index in [0.717, 1.165) is 25.3 Å². The molecule has 0 aromatic heterocycles. The lowest BCUT2D eigenvalue weighted by atomic mass is 10.0. The first-order chi connectivity index (χ1) is 10.6. The summed E-state index contributed by atoms with van der Waals surface area (Å²) in [5.74, 6) is -1.18. The molecule has 11 heteroatoms. The number of alkyl halides is 3. The van der Waals surface area contributed by atoms with E-state index in [1.807, 2.05) is 0 Å². The third-order valence-electron chi connectivity index (χ3n) is 3.68. The summed E-state index contributed by atoms with van der Waals surface area (Å²) in [5, 5.41) is 0. The molecule has 1 fully saturated rings. The molecule has 2 N–H and O–H groups in total. The number of nitrogens with zero attached hydrogens (tertiary/aromatic N) is 1. The minimum Gasteiger partial charge on any atom is -0.494 e. The van der Waals surface area contributed by atoms with E-state index in [2.05, 4.69) is 4.74 Å². The van der Waals surface area contributed by atoms with Gasteiger partial charge in [-0.05, 0) is 25.0 Å². The predicted octanol–water partition coefficient (Wildman–Crippen LogP) is 2.30. The standard InChI is InChI=1S/C13H16F4N2O3S.ClH/c1-22-11-6-9(3-4-10(11)14)23(20,21)19-7-8(18)2-5-12(19)13(15,16)17;/h3-4,6,8,12H,2,5,7,18H2,1H3;1H. The maximum atomic E-state index is 13.4. The Hall–Kier alpha value is -1.10. The monoisotopic (exact) mass is 392 g/mol. The average molecular weight is 393 g/mol. The number of sulfonamides is 1. The fourth-order valence-electron chi connectivity index (χ4n) is 2.49. The van der Waals surface area contributed by atoms with Gasteiger partial charge in [-0.1, -0.05) is 0 Å². The molecule has 1 heterocycles. The molecular formula is C13H17ClF4N2O3S. The lowest BCUT2D eigenvalue weighted by Gasteiger charge is -2.38. The minimum absolute atomic E-state index is 0. The van der Waals surface area contributed by atoms with Gasteiger partial charge in [0.15, 0.2) is 11.6 Å². The van der Waals surface area contributed by atoms with Crippen molar-refractivity contribution >= 4 is 22.4 Å². The number of benzene rings is 1. The van der Waals surface area contributed by atoms with Crippen molar-refractivity contribution in [2.24, 2.45) is 5.73 Å². The SMILES string of the molecule is COc1cc(S(=O)(=O)N2CC(N)CCC2C(F)(F)F)ccc1F.Cl. The van der Waals surface area contributed by atoms with E-state index < -0.39 is 52.0 Å². The highest BCUT2D eigenvalue weighted by Gasteiger charge is 2.50. The molecule has 138 valence electrons. The molecule has 0 aliphatic carbocycles. The van der Waals surface area contributed by atoms with E-state index in [0.29, 0.717) is 4.31 Å². The van der Waals surface area contributed by atoms with Crippen molar-refractivity contribution < 1.29 is 30.7 Å². The van der Waals surface area contributed by atoms with Crippen molar-refractivity contribution in [1.29, 1.82) is 0 Å². The Kier molecular flexibility index (Phi) is 6.48. The van der Waals surface area contributed by atoms with Crippen LogP contribution < -0.4 is 10.5 Å². The van der Waals surface area contributed by atoms with Crippen LogP contribution in [-0.4, -0.2) is 44.6 Å². The lowest BCUT2D eigenvalue weighted by Crippen LogP contribution is -2.56. The van der Waals surface area contributed by atoms with Crippen LogP contribution in [0.25, 0.3) is 0 Å². The molecule has 1 aliphatic rings. The van der Waals surface area contributed by atoms with Crippen LogP contribution in [0.4, 0.5) is 17.6 Å². The molecule has 0 amide bonds. The second-order valence-corrected chi connectivity index (χ2v) is 7.16. The van der Waals surface area contributed by atoms with Crippen LogP contribution in [-0.2, 0) is 10.0 Å². The maximum Gasteiger partial charge on any atom is 0.405 e. The number of methoxy groups -OCH3 is 1. The fourth-order valence-corrected chi connectivity index (χ4v) is 4.21. The third kappa shape index (κ3) is 4.11. The van der Waals surface area contributed by atoms with Gasteiger partial charge in [0.25, 0.3) is 0 Å². The summed E-state index contributed by atoms with van der Waals surface area (Å²) in [6.45, 7) is -0.452. The smallest absolute Gasteiger partial charge is 0.405 e. The average Bonchev–Trinajstić information content (AvgIpc) is 2.46. The highest BCUT2D eigenvalue weighted by Crippen LogP contribution is 2.36. The number of nitrogens with two attached hydrogens (primary N) is 1. The van der Waals surface area contributed by atoms with Crippen molar-refractivity contribution in [3.05, 3.63) is 24.0 Å². The summed E-state index contributed by atoms with van der Waals surface area (Å²) < 4.78 is 83.0. The highest BCUT2D eigenvalue weighted by atomic mass is 35.5. The third-order valence-corrected chi connectivity index (χ3v) is 5.55. The number of hydrogen-bond donors (Lipinski definition) is 1. The zero-order chi connectivity index (χ0) is 17.4. The van der Waals surface area contributed by atoms with Crippen molar-refractivity contribution in [3.63, 3.8) is 0 Å². The summed E-state index contributed by atoms with van der Waals surface area (Å²) in [4.78, 5) is -0.473. The van der Waals surface area contributed by atoms with Gasteiger partial charge in [0.05, 0.1) is 12.0 Å². The predicted molar refractivity (Wildman–Crippen MR) is 81.1 cm³/mol. The van der Waals surface area contributed by atoms with Gasteiger partial charge in [0.1, 0.15) is 6.04 Å². The Labute approximate surface area is 143 Å². The Morgan fingerprint density at radius 1 is 1.29 bits per heavy atom. The molecule has 1 saturated heterocycles. The molecule has 2 unspecified atom stereocenters. The van der Waals surface area contributed by atoms with E-state index in [1.165, 1.54) is 0 Å². The van der Waals surface area contributed by atoms with Gasteiger partial charge >= 0.3 is 6.18 Å². The molecule has 24 heavy (non-hydrogen) atoms. The summed E-state index contributed by atoms with van der Waals surface area (Å²) in [6, 6.07) is -0.244. The molecular weight excluding hydrogens is 376 g/mol. The van der Waals surface area contributed by atoms with E-state index in [1.54, 1.807) is 0 Å². The van der Waals surface area contributed by atoms with E-state index in [-0.39, 0.29) is 24.6 Å². The first-order valence-corrected chi connectivity index (χ1v) is 8.19. The van der Waals surface area contributed by atoms with Gasteiger partial charge in [0, 0.05) is 18.7 Å². The fraction of sp³-hybridized carbons (Fsp3) is 0.538. The molecule has 0 spiro atoms. The van der Waals surface area contributed by atoms with Crippen molar-refractivity contribution in [2.75, 3.05) is 13.7 Å². The van der Waals surface area contributed by atoms with Crippen molar-refractivity contribution in [3.8, 4) is 5.75 Å². The number of rotatable bonds is 3. The van der Waals surface area contributed by atoms with Crippen LogP contribution in [0.15, 0.2) is 23.1 Å². The van der Waals surface area contributed by atoms with E-state index in [9.17, 15) is 26.0 Å². The van der Waals surface area contributed by atoms with Crippen LogP contribution >= 0.6 is 12.4 Å². The van der Waals surface area contributed by atoms with Crippen LogP contribution in [0.1, 0.15) is 12.8 Å². The Morgan fingerprint density at radius 2 is 1.92 bits per heavy atom. The second kappa shape index (κ2) is 7.42. The number of halogens is 5. The van der Waals surface area contributed by atoms with Crippen LogP contribution in [0, 0.1) is 5.82 Å². The quantitative estimate of drug-likeness (QED) is 0.801. The van der Waals surface area contributed by atoms with Crippen molar-refractivity contribution in [1.82, 2.24) is 4.31 Å². The maximum absolute atomic E-state index is 13.4. The zero-order valence-electron chi connectivity index (χ0n) is 12.6. The first-order valence-electron chi connectivity index (χ1n) is 6.75. The van der Waals surface area contributed by atoms with Gasteiger partial charge in [-0.15, -0.1) is 12.4 Å². The van der Waals surface area contributed by atoms with Gasteiger partial charge in [0.2, 0.25) is 10.0 Å². The second-order valence-electron chi connectivity index (χ2n) is 5.27. The summed E-state index contributed by atoms with van der Waals surface area (Å²) >= 11 is 0. The number of piperidine rings is 1. The van der Waals surface area contributed by atoms with Crippen molar-refractivity contribution in [2.45, 2.75) is 36.0 Å². The Balaban J connectivity index is 0.00000288. The first kappa shape index (κ1) is 20.9. The largest absolute Gasteiger partial charge is 0.494 e. The molecule has 1 aromatic rings. The Morgan fingerprint density at radius 3 is 2.46 bits per heavy atom. The molecule has 1 aliphatic heterocycles. The summed E-state index contributed by atoms with van der Waals surface area (Å²) in [5.41, 5.74) is 5.63. The van der Waals surface area contributed by atoms with Crippen LogP contribution in [0.5, 0.6) is 5.75 Å². The van der Waals surface area contributed by atoms with Crippen LogP contribution in [0.3, 0.4) is 0 Å². The summed E-state index contributed by atoms with van der Waals surface area (Å²) in [7, 11) is -3.36. The van der Waals surface area contributed by atoms with Crippen LogP contribution in [0.2, 0.25) is 0 Å². The van der Waals surface area contributed by atoms with Gasteiger partial charge in [-0.25, -0.2) is 12.8 Å². The topological polar surface area (TPSA) is 72.6 Å². The number of hydrogen-bond acceptors (Lipinski definition) is 4. The molecule has 0 saturated carbocycles. The highest BCUT2D eigenvalue weighted by molar-refractivity contribution is 7.89. The van der Waals surface area contributed by atoms with Gasteiger partial charge in [-0.2, -0.15) is 17.5 Å². The van der Waals surface area contributed by atoms with Gasteiger partial charge in [-0.3, -0.25) is 0 Å². The Bertz CT molecular complexity index is 684. The molecule has 2 rings (SSSR count). The molecule has 2 atom stereocenters.